The van der Waals surface area contributed by atoms with E-state index in [0.717, 1.165) is 28.8 Å². The van der Waals surface area contributed by atoms with Gasteiger partial charge in [0.15, 0.2) is 0 Å². The second-order valence-corrected chi connectivity index (χ2v) is 8.44. The summed E-state index contributed by atoms with van der Waals surface area (Å²) in [5.41, 5.74) is 1.77. The summed E-state index contributed by atoms with van der Waals surface area (Å²) in [6.45, 7) is 9.77. The molecule has 0 aliphatic carbocycles. The third kappa shape index (κ3) is 7.81. The molecule has 0 fully saturated rings. The summed E-state index contributed by atoms with van der Waals surface area (Å²) < 4.78 is 14.1. The number of nitrogens with zero attached hydrogens (tertiary/aromatic N) is 1. The van der Waals surface area contributed by atoms with Crippen molar-refractivity contribution in [2.24, 2.45) is 0 Å². The fourth-order valence-electron chi connectivity index (χ4n) is 2.65. The maximum absolute atomic E-state index is 12.0. The van der Waals surface area contributed by atoms with Crippen molar-refractivity contribution in [3.63, 3.8) is 0 Å². The van der Waals surface area contributed by atoms with Gasteiger partial charge >= 0.3 is 6.03 Å². The van der Waals surface area contributed by atoms with E-state index in [4.69, 9.17) is 9.47 Å². The van der Waals surface area contributed by atoms with Crippen molar-refractivity contribution in [2.75, 3.05) is 7.11 Å². The number of rotatable bonds is 6. The molecule has 0 bridgehead atoms. The molecular weight excluding hydrogens is 422 g/mol. The molecule has 3 aromatic rings. The molecule has 0 saturated carbocycles. The van der Waals surface area contributed by atoms with Crippen molar-refractivity contribution in [3.05, 3.63) is 67.0 Å². The molecule has 3 rings (SSSR count). The van der Waals surface area contributed by atoms with Gasteiger partial charge < -0.3 is 14.8 Å². The van der Waals surface area contributed by atoms with Crippen molar-refractivity contribution in [3.8, 4) is 28.4 Å². The number of carbonyl (C=O) groups excluding carboxylic acids is 1. The Morgan fingerprint density at radius 1 is 0.969 bits per heavy atom. The van der Waals surface area contributed by atoms with Crippen LogP contribution < -0.4 is 19.5 Å². The van der Waals surface area contributed by atoms with Crippen molar-refractivity contribution in [1.29, 1.82) is 0 Å². The third-order valence-electron chi connectivity index (χ3n) is 3.97. The number of nitrogens with one attached hydrogen (secondary N) is 2. The van der Waals surface area contributed by atoms with Crippen LogP contribution in [0.15, 0.2) is 71.9 Å². The Labute approximate surface area is 194 Å². The van der Waals surface area contributed by atoms with Crippen molar-refractivity contribution in [1.82, 2.24) is 15.0 Å². The maximum Gasteiger partial charge on any atom is 0.325 e. The second kappa shape index (κ2) is 12.0. The van der Waals surface area contributed by atoms with Gasteiger partial charge in [0.2, 0.25) is 0 Å². The van der Waals surface area contributed by atoms with Crippen molar-refractivity contribution < 1.29 is 14.3 Å². The van der Waals surface area contributed by atoms with Gasteiger partial charge in [-0.25, -0.2) is 4.79 Å². The molecule has 1 heterocycles. The van der Waals surface area contributed by atoms with Crippen LogP contribution in [-0.4, -0.2) is 23.7 Å². The Morgan fingerprint density at radius 2 is 1.69 bits per heavy atom. The molecule has 0 spiro atoms. The van der Waals surface area contributed by atoms with E-state index in [0.29, 0.717) is 16.4 Å². The van der Waals surface area contributed by atoms with Crippen LogP contribution in [0.1, 0.15) is 34.6 Å². The van der Waals surface area contributed by atoms with E-state index in [1.165, 1.54) is 0 Å². The SMILES string of the molecule is CC.COc1ccc(-c2cccc(Oc3ccncc3SNC(=O)NC(C)(C)C)c2)cc1. The Bertz CT molecular complexity index is 1000. The van der Waals surface area contributed by atoms with Crippen LogP contribution in [0.5, 0.6) is 17.2 Å². The molecule has 2 aromatic carbocycles. The summed E-state index contributed by atoms with van der Waals surface area (Å²) in [5.74, 6) is 2.11. The summed E-state index contributed by atoms with van der Waals surface area (Å²) >= 11 is 1.16. The van der Waals surface area contributed by atoms with E-state index in [1.807, 2.05) is 83.1 Å². The molecule has 0 radical (unpaired) electrons. The number of hydrogen-bond donors (Lipinski definition) is 2. The molecule has 2 amide bonds. The molecule has 0 aliphatic heterocycles. The summed E-state index contributed by atoms with van der Waals surface area (Å²) in [4.78, 5) is 16.9. The lowest BCUT2D eigenvalue weighted by Crippen LogP contribution is -2.44. The Hall–Kier alpha value is -3.19. The lowest BCUT2D eigenvalue weighted by atomic mass is 10.1. The van der Waals surface area contributed by atoms with Gasteiger partial charge in [0, 0.05) is 24.0 Å². The minimum absolute atomic E-state index is 0.274. The molecular formula is C25H31N3O3S. The molecule has 2 N–H and O–H groups in total. The van der Waals surface area contributed by atoms with Gasteiger partial charge in [-0.15, -0.1) is 0 Å². The number of amides is 2. The zero-order chi connectivity index (χ0) is 23.6. The van der Waals surface area contributed by atoms with Crippen LogP contribution in [-0.2, 0) is 0 Å². The van der Waals surface area contributed by atoms with Crippen LogP contribution in [0.2, 0.25) is 0 Å². The van der Waals surface area contributed by atoms with E-state index in [2.05, 4.69) is 15.0 Å². The number of hydrogen-bond acceptors (Lipinski definition) is 5. The van der Waals surface area contributed by atoms with E-state index in [9.17, 15) is 4.79 Å². The fourth-order valence-corrected chi connectivity index (χ4v) is 3.22. The van der Waals surface area contributed by atoms with Gasteiger partial charge in [0.05, 0.1) is 12.0 Å². The largest absolute Gasteiger partial charge is 0.497 e. The summed E-state index contributed by atoms with van der Waals surface area (Å²) in [5, 5.41) is 2.85. The first-order valence-electron chi connectivity index (χ1n) is 10.5. The number of benzene rings is 2. The van der Waals surface area contributed by atoms with Crippen LogP contribution >= 0.6 is 11.9 Å². The van der Waals surface area contributed by atoms with E-state index >= 15 is 0 Å². The zero-order valence-electron chi connectivity index (χ0n) is 19.4. The van der Waals surface area contributed by atoms with Gasteiger partial charge in [0.25, 0.3) is 0 Å². The number of urea groups is 1. The van der Waals surface area contributed by atoms with Crippen LogP contribution in [0.4, 0.5) is 4.79 Å². The predicted molar refractivity (Wildman–Crippen MR) is 131 cm³/mol. The van der Waals surface area contributed by atoms with Crippen LogP contribution in [0.25, 0.3) is 11.1 Å². The van der Waals surface area contributed by atoms with Crippen molar-refractivity contribution >= 4 is 18.0 Å². The quantitative estimate of drug-likeness (QED) is 0.407. The van der Waals surface area contributed by atoms with E-state index in [1.54, 1.807) is 25.6 Å². The smallest absolute Gasteiger partial charge is 0.325 e. The van der Waals surface area contributed by atoms with Gasteiger partial charge in [0.1, 0.15) is 17.2 Å². The Balaban J connectivity index is 0.00000176. The number of aromatic nitrogens is 1. The molecule has 0 atom stereocenters. The van der Waals surface area contributed by atoms with Gasteiger partial charge in [-0.3, -0.25) is 9.71 Å². The average molecular weight is 454 g/mol. The average Bonchev–Trinajstić information content (AvgIpc) is 2.79. The molecule has 1 aromatic heterocycles. The topological polar surface area (TPSA) is 72.5 Å². The monoisotopic (exact) mass is 453 g/mol. The van der Waals surface area contributed by atoms with Gasteiger partial charge in [-0.05, 0) is 68.1 Å². The standard InChI is InChI=1S/C23H25N3O3S.C2H6/c1-23(2,3)25-22(27)26-30-21-15-24-13-12-20(21)29-19-7-5-6-17(14-19)16-8-10-18(28-4)11-9-16;1-2/h5-15H,1-4H3,(H2,25,26,27);1-2H3. The molecule has 32 heavy (non-hydrogen) atoms. The molecule has 170 valence electrons. The number of ether oxygens (including phenoxy) is 2. The summed E-state index contributed by atoms with van der Waals surface area (Å²) in [6, 6.07) is 17.2. The highest BCUT2D eigenvalue weighted by atomic mass is 32.2. The van der Waals surface area contributed by atoms with Crippen LogP contribution in [0, 0.1) is 0 Å². The summed E-state index contributed by atoms with van der Waals surface area (Å²) in [6.07, 6.45) is 3.31. The Morgan fingerprint density at radius 3 is 2.34 bits per heavy atom. The number of pyridine rings is 1. The van der Waals surface area contributed by atoms with Crippen LogP contribution in [0.3, 0.4) is 0 Å². The highest BCUT2D eigenvalue weighted by Gasteiger charge is 2.15. The first-order valence-corrected chi connectivity index (χ1v) is 11.3. The highest BCUT2D eigenvalue weighted by Crippen LogP contribution is 2.32. The molecule has 7 heteroatoms. The number of carbonyl (C=O) groups is 1. The minimum atomic E-state index is -0.319. The first kappa shape index (κ1) is 25.1. The highest BCUT2D eigenvalue weighted by molar-refractivity contribution is 7.98. The number of methoxy groups -OCH3 is 1. The normalized spacial score (nSPS) is 10.4. The first-order chi connectivity index (χ1) is 15.3. The van der Waals surface area contributed by atoms with Gasteiger partial charge in [-0.2, -0.15) is 0 Å². The molecule has 6 nitrogen and oxygen atoms in total. The second-order valence-electron chi connectivity index (χ2n) is 7.59. The van der Waals surface area contributed by atoms with E-state index < -0.39 is 0 Å². The van der Waals surface area contributed by atoms with Crippen molar-refractivity contribution in [2.45, 2.75) is 45.1 Å². The fraction of sp³-hybridized carbons (Fsp3) is 0.280. The molecule has 0 unspecified atom stereocenters. The summed E-state index contributed by atoms with van der Waals surface area (Å²) in [7, 11) is 1.65. The lowest BCUT2D eigenvalue weighted by Gasteiger charge is -2.20. The zero-order valence-corrected chi connectivity index (χ0v) is 20.2. The third-order valence-corrected chi connectivity index (χ3v) is 4.79. The minimum Gasteiger partial charge on any atom is -0.497 e. The lowest BCUT2D eigenvalue weighted by molar-refractivity contribution is 0.238. The van der Waals surface area contributed by atoms with Gasteiger partial charge in [-0.1, -0.05) is 38.1 Å². The van der Waals surface area contributed by atoms with E-state index in [-0.39, 0.29) is 11.6 Å². The Kier molecular flexibility index (Phi) is 9.40. The maximum atomic E-state index is 12.0. The molecule has 0 saturated heterocycles. The molecule has 0 aliphatic rings. The predicted octanol–water partition coefficient (Wildman–Crippen LogP) is 6.68.